The van der Waals surface area contributed by atoms with Crippen molar-refractivity contribution in [3.8, 4) is 5.88 Å². The Labute approximate surface area is 90.1 Å². The summed E-state index contributed by atoms with van der Waals surface area (Å²) in [7, 11) is 1.46. The van der Waals surface area contributed by atoms with Gasteiger partial charge in [0, 0.05) is 6.07 Å². The summed E-state index contributed by atoms with van der Waals surface area (Å²) in [6.45, 7) is -4.96. The average molecular weight is 226 g/mol. The summed E-state index contributed by atoms with van der Waals surface area (Å²) in [6.07, 6.45) is 0. The zero-order chi connectivity index (χ0) is 11.8. The van der Waals surface area contributed by atoms with E-state index >= 15 is 0 Å². The summed E-state index contributed by atoms with van der Waals surface area (Å²) in [6, 6.07) is 6.58. The standard InChI is InChI=1S/C10H8BF3NO/c1-16-10-5-2-7-6-8(11(12,13)14)3-4-9(7)15-10/h2-6H,1H3/q-1. The van der Waals surface area contributed by atoms with Crippen molar-refractivity contribution in [3.05, 3.63) is 30.3 Å². The van der Waals surface area contributed by atoms with E-state index in [1.54, 1.807) is 6.07 Å². The van der Waals surface area contributed by atoms with Crippen LogP contribution in [0.1, 0.15) is 0 Å². The van der Waals surface area contributed by atoms with Gasteiger partial charge >= 0.3 is 6.98 Å². The monoisotopic (exact) mass is 226 g/mol. The number of hydrogen-bond donors (Lipinski definition) is 0. The van der Waals surface area contributed by atoms with Crippen LogP contribution in [0.25, 0.3) is 10.9 Å². The Hall–Kier alpha value is -1.72. The molecule has 1 heterocycles. The molecule has 0 saturated heterocycles. The minimum atomic E-state index is -4.96. The third-order valence-corrected chi connectivity index (χ3v) is 2.27. The quantitative estimate of drug-likeness (QED) is 0.733. The van der Waals surface area contributed by atoms with E-state index in [-0.39, 0.29) is 0 Å². The highest BCUT2D eigenvalue weighted by molar-refractivity contribution is 6.73. The van der Waals surface area contributed by atoms with Crippen LogP contribution in [0.3, 0.4) is 0 Å². The lowest BCUT2D eigenvalue weighted by molar-refractivity contribution is 0.399. The number of aromatic nitrogens is 1. The van der Waals surface area contributed by atoms with Crippen LogP contribution in [-0.2, 0) is 0 Å². The van der Waals surface area contributed by atoms with Crippen molar-refractivity contribution in [2.75, 3.05) is 7.11 Å². The van der Waals surface area contributed by atoms with Crippen molar-refractivity contribution in [2.24, 2.45) is 0 Å². The minimum absolute atomic E-state index is 0.387. The molecule has 1 aromatic heterocycles. The molecule has 0 aliphatic heterocycles. The highest BCUT2D eigenvalue weighted by Crippen LogP contribution is 2.17. The normalized spacial score (nSPS) is 11.8. The Morgan fingerprint density at radius 2 is 1.88 bits per heavy atom. The Morgan fingerprint density at radius 1 is 1.12 bits per heavy atom. The van der Waals surface area contributed by atoms with Gasteiger partial charge in [0.15, 0.2) is 0 Å². The Balaban J connectivity index is 2.56. The van der Waals surface area contributed by atoms with Gasteiger partial charge in [0.05, 0.1) is 12.6 Å². The first-order valence-electron chi connectivity index (χ1n) is 4.65. The molecule has 0 spiro atoms. The molecule has 84 valence electrons. The van der Waals surface area contributed by atoms with Gasteiger partial charge < -0.3 is 17.7 Å². The fourth-order valence-corrected chi connectivity index (χ4v) is 1.44. The fraction of sp³-hybridized carbons (Fsp3) is 0.100. The molecule has 0 radical (unpaired) electrons. The van der Waals surface area contributed by atoms with E-state index in [1.807, 2.05) is 0 Å². The number of hydrogen-bond acceptors (Lipinski definition) is 2. The lowest BCUT2D eigenvalue weighted by Gasteiger charge is -2.15. The predicted molar refractivity (Wildman–Crippen MR) is 57.0 cm³/mol. The molecule has 0 saturated carbocycles. The molecule has 0 aliphatic rings. The maximum atomic E-state index is 12.5. The van der Waals surface area contributed by atoms with Gasteiger partial charge in [0.25, 0.3) is 0 Å². The topological polar surface area (TPSA) is 22.1 Å². The molecule has 0 fully saturated rings. The van der Waals surface area contributed by atoms with Crippen LogP contribution < -0.4 is 10.2 Å². The van der Waals surface area contributed by atoms with Crippen LogP contribution in [0, 0.1) is 0 Å². The molecule has 0 atom stereocenters. The van der Waals surface area contributed by atoms with E-state index < -0.39 is 12.4 Å². The molecule has 0 unspecified atom stereocenters. The number of benzene rings is 1. The molecule has 0 bridgehead atoms. The number of rotatable bonds is 2. The molecular weight excluding hydrogens is 218 g/mol. The van der Waals surface area contributed by atoms with Gasteiger partial charge in [-0.2, -0.15) is 0 Å². The van der Waals surface area contributed by atoms with E-state index in [2.05, 4.69) is 4.98 Å². The van der Waals surface area contributed by atoms with E-state index in [1.165, 1.54) is 19.2 Å². The lowest BCUT2D eigenvalue weighted by atomic mass is 9.79. The van der Waals surface area contributed by atoms with Crippen molar-refractivity contribution in [3.63, 3.8) is 0 Å². The fourth-order valence-electron chi connectivity index (χ4n) is 1.44. The van der Waals surface area contributed by atoms with Crippen molar-refractivity contribution < 1.29 is 17.7 Å². The summed E-state index contributed by atoms with van der Waals surface area (Å²) in [5, 5.41) is 0.456. The number of halogens is 3. The van der Waals surface area contributed by atoms with Crippen molar-refractivity contribution >= 4 is 23.3 Å². The first kappa shape index (κ1) is 10.8. The van der Waals surface area contributed by atoms with Gasteiger partial charge in [0.2, 0.25) is 5.88 Å². The second-order valence-electron chi connectivity index (χ2n) is 3.38. The molecule has 0 amide bonds. The number of fused-ring (bicyclic) bond motifs is 1. The summed E-state index contributed by atoms with van der Waals surface area (Å²) in [4.78, 5) is 4.03. The summed E-state index contributed by atoms with van der Waals surface area (Å²) >= 11 is 0. The zero-order valence-corrected chi connectivity index (χ0v) is 8.45. The largest absolute Gasteiger partial charge is 0.509 e. The Kier molecular flexibility index (Phi) is 2.49. The van der Waals surface area contributed by atoms with Crippen molar-refractivity contribution in [2.45, 2.75) is 0 Å². The van der Waals surface area contributed by atoms with E-state index in [0.717, 1.165) is 12.1 Å². The molecule has 2 nitrogen and oxygen atoms in total. The number of nitrogens with zero attached hydrogens (tertiary/aromatic N) is 1. The first-order valence-corrected chi connectivity index (χ1v) is 4.65. The summed E-state index contributed by atoms with van der Waals surface area (Å²) in [5.74, 6) is 0.387. The summed E-state index contributed by atoms with van der Waals surface area (Å²) < 4.78 is 42.3. The van der Waals surface area contributed by atoms with Crippen LogP contribution >= 0.6 is 0 Å². The smallest absolute Gasteiger partial charge is 0.481 e. The van der Waals surface area contributed by atoms with Gasteiger partial charge in [-0.1, -0.05) is 12.1 Å². The summed E-state index contributed by atoms with van der Waals surface area (Å²) in [5.41, 5.74) is -0.123. The van der Waals surface area contributed by atoms with Crippen LogP contribution in [0.15, 0.2) is 30.3 Å². The van der Waals surface area contributed by atoms with Crippen LogP contribution in [0.2, 0.25) is 0 Å². The Bertz CT molecular complexity index is 527. The number of ether oxygens (including phenoxy) is 1. The van der Waals surface area contributed by atoms with Crippen molar-refractivity contribution in [1.29, 1.82) is 0 Å². The van der Waals surface area contributed by atoms with Crippen LogP contribution in [-0.4, -0.2) is 19.1 Å². The van der Waals surface area contributed by atoms with Gasteiger partial charge in [-0.25, -0.2) is 4.98 Å². The SMILES string of the molecule is COc1ccc2cc([B-](F)(F)F)ccc2n1. The number of pyridine rings is 1. The second kappa shape index (κ2) is 3.70. The minimum Gasteiger partial charge on any atom is -0.481 e. The molecule has 6 heteroatoms. The zero-order valence-electron chi connectivity index (χ0n) is 8.45. The van der Waals surface area contributed by atoms with Crippen LogP contribution in [0.5, 0.6) is 5.88 Å². The van der Waals surface area contributed by atoms with Gasteiger partial charge in [-0.3, -0.25) is 0 Å². The van der Waals surface area contributed by atoms with E-state index in [4.69, 9.17) is 4.74 Å². The molecular formula is C10H8BF3NO-. The molecule has 16 heavy (non-hydrogen) atoms. The van der Waals surface area contributed by atoms with Gasteiger partial charge in [0.1, 0.15) is 0 Å². The molecule has 0 aliphatic carbocycles. The molecule has 2 rings (SSSR count). The van der Waals surface area contributed by atoms with Gasteiger partial charge in [-0.15, -0.1) is 5.46 Å². The molecule has 2 aromatic rings. The maximum Gasteiger partial charge on any atom is 0.509 e. The highest BCUT2D eigenvalue weighted by atomic mass is 19.4. The molecule has 0 N–H and O–H groups in total. The van der Waals surface area contributed by atoms with E-state index in [0.29, 0.717) is 16.8 Å². The van der Waals surface area contributed by atoms with Gasteiger partial charge in [-0.05, 0) is 17.5 Å². The number of methoxy groups -OCH3 is 1. The van der Waals surface area contributed by atoms with E-state index in [9.17, 15) is 12.9 Å². The third kappa shape index (κ3) is 1.96. The third-order valence-electron chi connectivity index (χ3n) is 2.27. The average Bonchev–Trinajstić information content (AvgIpc) is 2.26. The lowest BCUT2D eigenvalue weighted by Crippen LogP contribution is -2.33. The molecule has 1 aromatic carbocycles. The first-order chi connectivity index (χ1) is 7.50. The maximum absolute atomic E-state index is 12.5. The Morgan fingerprint density at radius 3 is 2.50 bits per heavy atom. The van der Waals surface area contributed by atoms with Crippen molar-refractivity contribution in [1.82, 2.24) is 4.98 Å². The second-order valence-corrected chi connectivity index (χ2v) is 3.38. The highest BCUT2D eigenvalue weighted by Gasteiger charge is 2.25. The predicted octanol–water partition coefficient (Wildman–Crippen LogP) is 2.30. The van der Waals surface area contributed by atoms with Crippen LogP contribution in [0.4, 0.5) is 12.9 Å².